The first-order chi connectivity index (χ1) is 27.8. The second-order valence-corrected chi connectivity index (χ2v) is 14.8. The van der Waals surface area contributed by atoms with Crippen LogP contribution in [0.25, 0.3) is 121 Å². The SMILES string of the molecule is c1ccc(-c2ccccc2-c2ccc3ccc4c(-c5ccccc5-c5ccccc5)cc(-c5ccc6c7c(cccc57)-c5cncnc5-6)c5ccc2c3c45)cc1. The highest BCUT2D eigenvalue weighted by molar-refractivity contribution is 6.31. The fraction of sp³-hybridized carbons (Fsp3) is 0. The number of nitrogens with zero attached hydrogens (tertiary/aromatic N) is 2. The van der Waals surface area contributed by atoms with Gasteiger partial charge in [-0.25, -0.2) is 9.97 Å². The standard InChI is InChI=1S/C54H32N2/c1-3-12-33(13-4-1)36-16-7-9-18-38(36)40-24-22-35-23-25-45-48(39-19-10-8-17-37(39)34-14-5-2-6-15-34)30-49(46-28-27-44(40)51(35)53(45)46)41-26-29-47-52-42(41)20-11-21-43(52)50-31-55-32-56-54(47)50/h1-32H. The van der Waals surface area contributed by atoms with Crippen LogP contribution in [0.4, 0.5) is 0 Å². The average Bonchev–Trinajstić information content (AvgIpc) is 3.61. The van der Waals surface area contributed by atoms with Gasteiger partial charge >= 0.3 is 0 Å². The Bertz CT molecular complexity index is 3320. The van der Waals surface area contributed by atoms with Gasteiger partial charge in [0.1, 0.15) is 6.33 Å². The minimum Gasteiger partial charge on any atom is -0.244 e. The van der Waals surface area contributed by atoms with E-state index in [1.54, 1.807) is 6.33 Å². The van der Waals surface area contributed by atoms with E-state index in [4.69, 9.17) is 4.98 Å². The Hall–Kier alpha value is -7.42. The summed E-state index contributed by atoms with van der Waals surface area (Å²) in [5.41, 5.74) is 16.7. The molecule has 0 spiro atoms. The van der Waals surface area contributed by atoms with Crippen LogP contribution in [0.1, 0.15) is 0 Å². The molecule has 258 valence electrons. The molecule has 10 aromatic carbocycles. The Morgan fingerprint density at radius 1 is 0.286 bits per heavy atom. The number of rotatable bonds is 5. The van der Waals surface area contributed by atoms with Crippen molar-refractivity contribution in [2.45, 2.75) is 0 Å². The lowest BCUT2D eigenvalue weighted by Crippen LogP contribution is -1.94. The third-order valence-corrected chi connectivity index (χ3v) is 12.0. The molecule has 56 heavy (non-hydrogen) atoms. The number of fused-ring (bicyclic) bond motifs is 3. The molecule has 1 aromatic heterocycles. The Morgan fingerprint density at radius 3 is 1.50 bits per heavy atom. The van der Waals surface area contributed by atoms with Gasteiger partial charge in [0.15, 0.2) is 0 Å². The predicted octanol–water partition coefficient (Wildman–Crippen LogP) is 14.5. The van der Waals surface area contributed by atoms with Crippen molar-refractivity contribution < 1.29 is 0 Å². The molecule has 1 aliphatic rings. The van der Waals surface area contributed by atoms with Gasteiger partial charge in [-0.05, 0) is 110 Å². The molecule has 1 heterocycles. The highest BCUT2D eigenvalue weighted by Crippen LogP contribution is 2.52. The first kappa shape index (κ1) is 31.0. The van der Waals surface area contributed by atoms with Crippen LogP contribution in [0.3, 0.4) is 0 Å². The number of aromatic nitrogens is 2. The molecule has 0 unspecified atom stereocenters. The largest absolute Gasteiger partial charge is 0.244 e. The molecule has 0 bridgehead atoms. The highest BCUT2D eigenvalue weighted by Gasteiger charge is 2.26. The van der Waals surface area contributed by atoms with E-state index < -0.39 is 0 Å². The Morgan fingerprint density at radius 2 is 0.786 bits per heavy atom. The van der Waals surface area contributed by atoms with Crippen LogP contribution < -0.4 is 0 Å². The van der Waals surface area contributed by atoms with E-state index >= 15 is 0 Å². The fourth-order valence-corrected chi connectivity index (χ4v) is 9.56. The van der Waals surface area contributed by atoms with Gasteiger partial charge in [-0.15, -0.1) is 0 Å². The van der Waals surface area contributed by atoms with Gasteiger partial charge in [-0.1, -0.05) is 176 Å². The molecule has 0 amide bonds. The highest BCUT2D eigenvalue weighted by atomic mass is 14.8. The second-order valence-electron chi connectivity index (χ2n) is 14.8. The van der Waals surface area contributed by atoms with Crippen molar-refractivity contribution in [1.29, 1.82) is 0 Å². The van der Waals surface area contributed by atoms with Crippen LogP contribution >= 0.6 is 0 Å². The number of hydrogen-bond donors (Lipinski definition) is 0. The summed E-state index contributed by atoms with van der Waals surface area (Å²) in [6, 6.07) is 67.1. The van der Waals surface area contributed by atoms with Crippen LogP contribution in [-0.4, -0.2) is 9.97 Å². The van der Waals surface area contributed by atoms with Crippen molar-refractivity contribution in [2.75, 3.05) is 0 Å². The smallest absolute Gasteiger partial charge is 0.116 e. The van der Waals surface area contributed by atoms with E-state index in [2.05, 4.69) is 187 Å². The fourth-order valence-electron chi connectivity index (χ4n) is 9.56. The molecular weight excluding hydrogens is 677 g/mol. The second kappa shape index (κ2) is 12.0. The minimum atomic E-state index is 1.01. The lowest BCUT2D eigenvalue weighted by molar-refractivity contribution is 1.18. The summed E-state index contributed by atoms with van der Waals surface area (Å²) in [5, 5.41) is 10.1. The van der Waals surface area contributed by atoms with Crippen LogP contribution in [0, 0.1) is 0 Å². The molecule has 0 fully saturated rings. The summed E-state index contributed by atoms with van der Waals surface area (Å²) < 4.78 is 0. The molecule has 0 saturated carbocycles. The number of benzene rings is 10. The summed E-state index contributed by atoms with van der Waals surface area (Å²) in [5.74, 6) is 0. The monoisotopic (exact) mass is 708 g/mol. The van der Waals surface area contributed by atoms with E-state index in [0.717, 1.165) is 11.3 Å². The summed E-state index contributed by atoms with van der Waals surface area (Å²) in [4.78, 5) is 9.16. The van der Waals surface area contributed by atoms with Gasteiger partial charge in [-0.3, -0.25) is 0 Å². The molecule has 2 nitrogen and oxygen atoms in total. The van der Waals surface area contributed by atoms with Crippen molar-refractivity contribution in [3.05, 3.63) is 195 Å². The molecule has 0 N–H and O–H groups in total. The zero-order valence-corrected chi connectivity index (χ0v) is 30.4. The van der Waals surface area contributed by atoms with Crippen LogP contribution in [0.15, 0.2) is 195 Å². The van der Waals surface area contributed by atoms with Gasteiger partial charge in [0.2, 0.25) is 0 Å². The summed E-state index contributed by atoms with van der Waals surface area (Å²) in [6.07, 6.45) is 3.62. The normalized spacial score (nSPS) is 11.9. The molecule has 0 radical (unpaired) electrons. The van der Waals surface area contributed by atoms with Gasteiger partial charge in [0.05, 0.1) is 5.69 Å². The zero-order valence-electron chi connectivity index (χ0n) is 30.4. The maximum Gasteiger partial charge on any atom is 0.116 e. The van der Waals surface area contributed by atoms with E-state index in [0.29, 0.717) is 0 Å². The third kappa shape index (κ3) is 4.44. The Labute approximate surface area is 324 Å². The van der Waals surface area contributed by atoms with Crippen LogP contribution in [-0.2, 0) is 0 Å². The van der Waals surface area contributed by atoms with E-state index in [1.165, 1.54) is 110 Å². The molecular formula is C54H32N2. The van der Waals surface area contributed by atoms with Gasteiger partial charge in [0.25, 0.3) is 0 Å². The van der Waals surface area contributed by atoms with Crippen molar-refractivity contribution in [3.63, 3.8) is 0 Å². The topological polar surface area (TPSA) is 25.8 Å². The van der Waals surface area contributed by atoms with Crippen LogP contribution in [0.5, 0.6) is 0 Å². The molecule has 0 aliphatic heterocycles. The first-order valence-electron chi connectivity index (χ1n) is 19.2. The van der Waals surface area contributed by atoms with Gasteiger partial charge in [-0.2, -0.15) is 0 Å². The maximum absolute atomic E-state index is 4.75. The quantitative estimate of drug-likeness (QED) is 0.166. The zero-order chi connectivity index (χ0) is 36.7. The van der Waals surface area contributed by atoms with Gasteiger partial charge < -0.3 is 0 Å². The Kier molecular flexibility index (Phi) is 6.66. The van der Waals surface area contributed by atoms with Gasteiger partial charge in [0, 0.05) is 17.3 Å². The maximum atomic E-state index is 4.75. The minimum absolute atomic E-state index is 1.01. The van der Waals surface area contributed by atoms with Crippen molar-refractivity contribution >= 4 is 43.1 Å². The van der Waals surface area contributed by atoms with Crippen molar-refractivity contribution in [1.82, 2.24) is 9.97 Å². The molecule has 12 rings (SSSR count). The molecule has 11 aromatic rings. The Balaban J connectivity index is 1.21. The average molecular weight is 709 g/mol. The molecule has 0 atom stereocenters. The van der Waals surface area contributed by atoms with E-state index in [1.807, 2.05) is 6.20 Å². The summed E-state index contributed by atoms with van der Waals surface area (Å²) in [6.45, 7) is 0. The van der Waals surface area contributed by atoms with Crippen molar-refractivity contribution in [2.24, 2.45) is 0 Å². The summed E-state index contributed by atoms with van der Waals surface area (Å²) in [7, 11) is 0. The lowest BCUT2D eigenvalue weighted by atomic mass is 9.81. The number of hydrogen-bond acceptors (Lipinski definition) is 2. The lowest BCUT2D eigenvalue weighted by Gasteiger charge is -2.22. The predicted molar refractivity (Wildman–Crippen MR) is 235 cm³/mol. The van der Waals surface area contributed by atoms with E-state index in [9.17, 15) is 0 Å². The molecule has 1 aliphatic carbocycles. The molecule has 2 heteroatoms. The van der Waals surface area contributed by atoms with E-state index in [-0.39, 0.29) is 0 Å². The summed E-state index contributed by atoms with van der Waals surface area (Å²) >= 11 is 0. The van der Waals surface area contributed by atoms with Crippen LogP contribution in [0.2, 0.25) is 0 Å². The first-order valence-corrected chi connectivity index (χ1v) is 19.2. The third-order valence-electron chi connectivity index (χ3n) is 12.0. The molecule has 0 saturated heterocycles. The van der Waals surface area contributed by atoms with Crippen molar-refractivity contribution in [3.8, 4) is 78.0 Å².